The molecule has 3 aliphatic rings. The summed E-state index contributed by atoms with van der Waals surface area (Å²) in [6, 6.07) is 0. The predicted octanol–water partition coefficient (Wildman–Crippen LogP) is -0.262. The highest BCUT2D eigenvalue weighted by Gasteiger charge is 2.66. The summed E-state index contributed by atoms with van der Waals surface area (Å²) < 4.78 is 28.3. The van der Waals surface area contributed by atoms with Gasteiger partial charge in [-0.15, -0.1) is 0 Å². The molecule has 0 aliphatic carbocycles. The van der Waals surface area contributed by atoms with E-state index >= 15 is 0 Å². The molecular weight excluding hydrogens is 268 g/mol. The molecule has 7 heteroatoms. The SMILES string of the molecule is CC1(C)O[C@H]2O[C@@](CO)([C@H]3COC(C)(C)O3)[C@@H](O)[C@H]2O1. The molecule has 0 saturated carbocycles. The lowest BCUT2D eigenvalue weighted by molar-refractivity contribution is -0.272. The maximum atomic E-state index is 10.5. The van der Waals surface area contributed by atoms with Gasteiger partial charge in [0.1, 0.15) is 18.3 Å². The maximum absolute atomic E-state index is 10.5. The Bertz CT molecular complexity index is 396. The first-order valence-electron chi connectivity index (χ1n) is 6.83. The standard InChI is InChI=1S/C13H22O7/c1-11(2)16-5-7(17-11)13(6-14)9(15)8-10(20-13)19-12(3,4)18-8/h7-10,14-15H,5-6H2,1-4H3/t7-,8-,9+,10+,13+/m1/s1. The van der Waals surface area contributed by atoms with Crippen molar-refractivity contribution in [3.05, 3.63) is 0 Å². The molecule has 116 valence electrons. The number of ether oxygens (including phenoxy) is 5. The highest BCUT2D eigenvalue weighted by Crippen LogP contribution is 2.46. The van der Waals surface area contributed by atoms with Crippen molar-refractivity contribution in [1.82, 2.24) is 0 Å². The molecule has 2 N–H and O–H groups in total. The minimum atomic E-state index is -1.29. The topological polar surface area (TPSA) is 86.6 Å². The second-order valence-electron chi connectivity index (χ2n) is 6.46. The molecule has 5 atom stereocenters. The first-order chi connectivity index (χ1) is 9.19. The summed E-state index contributed by atoms with van der Waals surface area (Å²) in [7, 11) is 0. The van der Waals surface area contributed by atoms with Gasteiger partial charge in [0.05, 0.1) is 13.2 Å². The molecular formula is C13H22O7. The van der Waals surface area contributed by atoms with Crippen LogP contribution in [0.25, 0.3) is 0 Å². The fourth-order valence-corrected chi connectivity index (χ4v) is 3.05. The summed E-state index contributed by atoms with van der Waals surface area (Å²) in [5, 5.41) is 20.3. The van der Waals surface area contributed by atoms with E-state index in [2.05, 4.69) is 0 Å². The lowest BCUT2D eigenvalue weighted by Crippen LogP contribution is -2.57. The van der Waals surface area contributed by atoms with Gasteiger partial charge in [-0.1, -0.05) is 0 Å². The van der Waals surface area contributed by atoms with Gasteiger partial charge in [-0.25, -0.2) is 0 Å². The molecule has 0 bridgehead atoms. The third-order valence-electron chi connectivity index (χ3n) is 4.04. The fourth-order valence-electron chi connectivity index (χ4n) is 3.05. The van der Waals surface area contributed by atoms with Crippen LogP contribution in [-0.2, 0) is 23.7 Å². The molecule has 7 nitrogen and oxygen atoms in total. The summed E-state index contributed by atoms with van der Waals surface area (Å²) in [5.41, 5.74) is -1.29. The Labute approximate surface area is 117 Å². The number of hydrogen-bond acceptors (Lipinski definition) is 7. The zero-order valence-electron chi connectivity index (χ0n) is 12.2. The number of aliphatic hydroxyl groups excluding tert-OH is 2. The van der Waals surface area contributed by atoms with Crippen molar-refractivity contribution >= 4 is 0 Å². The van der Waals surface area contributed by atoms with Crippen LogP contribution in [-0.4, -0.2) is 65.2 Å². The van der Waals surface area contributed by atoms with Crippen LogP contribution >= 0.6 is 0 Å². The molecule has 0 amide bonds. The first kappa shape index (κ1) is 14.6. The second kappa shape index (κ2) is 4.36. The lowest BCUT2D eigenvalue weighted by atomic mass is 9.90. The quantitative estimate of drug-likeness (QED) is 0.724. The molecule has 0 aromatic heterocycles. The molecule has 3 aliphatic heterocycles. The van der Waals surface area contributed by atoms with Gasteiger partial charge in [-0.2, -0.15) is 0 Å². The zero-order valence-corrected chi connectivity index (χ0v) is 12.2. The van der Waals surface area contributed by atoms with Crippen molar-refractivity contribution in [2.75, 3.05) is 13.2 Å². The van der Waals surface area contributed by atoms with Gasteiger partial charge in [0.2, 0.25) is 0 Å². The van der Waals surface area contributed by atoms with Crippen LogP contribution in [0.1, 0.15) is 27.7 Å². The van der Waals surface area contributed by atoms with Crippen LogP contribution in [0.15, 0.2) is 0 Å². The van der Waals surface area contributed by atoms with Gasteiger partial charge < -0.3 is 33.9 Å². The van der Waals surface area contributed by atoms with E-state index in [0.717, 1.165) is 0 Å². The monoisotopic (exact) mass is 290 g/mol. The lowest BCUT2D eigenvalue weighted by Gasteiger charge is -2.36. The van der Waals surface area contributed by atoms with Crippen molar-refractivity contribution in [1.29, 1.82) is 0 Å². The van der Waals surface area contributed by atoms with Crippen molar-refractivity contribution in [3.63, 3.8) is 0 Å². The maximum Gasteiger partial charge on any atom is 0.190 e. The third kappa shape index (κ3) is 2.09. The minimum Gasteiger partial charge on any atom is -0.393 e. The van der Waals surface area contributed by atoms with Crippen LogP contribution in [0.3, 0.4) is 0 Å². The summed E-state index contributed by atoms with van der Waals surface area (Å²) >= 11 is 0. The number of fused-ring (bicyclic) bond motifs is 1. The van der Waals surface area contributed by atoms with E-state index in [-0.39, 0.29) is 6.61 Å². The van der Waals surface area contributed by atoms with Gasteiger partial charge in [0.15, 0.2) is 23.5 Å². The van der Waals surface area contributed by atoms with Gasteiger partial charge in [-0.05, 0) is 27.7 Å². The Morgan fingerprint density at radius 2 is 1.70 bits per heavy atom. The second-order valence-corrected chi connectivity index (χ2v) is 6.46. The molecule has 0 aromatic rings. The molecule has 0 aromatic carbocycles. The van der Waals surface area contributed by atoms with Crippen LogP contribution < -0.4 is 0 Å². The number of rotatable bonds is 2. The van der Waals surface area contributed by atoms with Gasteiger partial charge in [0, 0.05) is 0 Å². The Morgan fingerprint density at radius 3 is 2.20 bits per heavy atom. The number of aliphatic hydroxyl groups is 2. The summed E-state index contributed by atoms with van der Waals surface area (Å²) in [5.74, 6) is -1.58. The van der Waals surface area contributed by atoms with Crippen LogP contribution in [0.2, 0.25) is 0 Å². The Kier molecular flexibility index (Phi) is 3.19. The van der Waals surface area contributed by atoms with Gasteiger partial charge >= 0.3 is 0 Å². The highest BCUT2D eigenvalue weighted by atomic mass is 16.9. The van der Waals surface area contributed by atoms with Crippen molar-refractivity contribution < 1.29 is 33.9 Å². The summed E-state index contributed by atoms with van der Waals surface area (Å²) in [6.07, 6.45) is -3.01. The Morgan fingerprint density at radius 1 is 1.00 bits per heavy atom. The van der Waals surface area contributed by atoms with E-state index < -0.39 is 48.4 Å². The van der Waals surface area contributed by atoms with E-state index in [0.29, 0.717) is 0 Å². The van der Waals surface area contributed by atoms with E-state index in [1.165, 1.54) is 0 Å². The number of hydrogen-bond donors (Lipinski definition) is 2. The van der Waals surface area contributed by atoms with Crippen molar-refractivity contribution in [3.8, 4) is 0 Å². The van der Waals surface area contributed by atoms with Crippen LogP contribution in [0, 0.1) is 0 Å². The molecule has 3 fully saturated rings. The van der Waals surface area contributed by atoms with Gasteiger partial charge in [0.25, 0.3) is 0 Å². The molecule has 0 radical (unpaired) electrons. The van der Waals surface area contributed by atoms with Gasteiger partial charge in [-0.3, -0.25) is 0 Å². The van der Waals surface area contributed by atoms with Crippen molar-refractivity contribution in [2.24, 2.45) is 0 Å². The average molecular weight is 290 g/mol. The fraction of sp³-hybridized carbons (Fsp3) is 1.00. The predicted molar refractivity (Wildman–Crippen MR) is 65.6 cm³/mol. The largest absolute Gasteiger partial charge is 0.393 e. The summed E-state index contributed by atoms with van der Waals surface area (Å²) in [6.45, 7) is 6.87. The highest BCUT2D eigenvalue weighted by molar-refractivity contribution is 5.08. The Hall–Kier alpha value is -0.280. The third-order valence-corrected chi connectivity index (χ3v) is 4.04. The van der Waals surface area contributed by atoms with Crippen LogP contribution in [0.5, 0.6) is 0 Å². The van der Waals surface area contributed by atoms with Crippen molar-refractivity contribution in [2.45, 2.75) is 69.5 Å². The van der Waals surface area contributed by atoms with E-state index in [1.54, 1.807) is 27.7 Å². The Balaban J connectivity index is 1.82. The normalized spacial score (nSPS) is 49.5. The molecule has 20 heavy (non-hydrogen) atoms. The molecule has 0 unspecified atom stereocenters. The van der Waals surface area contributed by atoms with E-state index in [1.807, 2.05) is 0 Å². The molecule has 0 spiro atoms. The van der Waals surface area contributed by atoms with E-state index in [9.17, 15) is 10.2 Å². The summed E-state index contributed by atoms with van der Waals surface area (Å²) in [4.78, 5) is 0. The molecule has 3 heterocycles. The molecule has 3 saturated heterocycles. The van der Waals surface area contributed by atoms with E-state index in [4.69, 9.17) is 23.7 Å². The zero-order chi connectivity index (χ0) is 14.8. The minimum absolute atomic E-state index is 0.230. The smallest absolute Gasteiger partial charge is 0.190 e. The van der Waals surface area contributed by atoms with Crippen LogP contribution in [0.4, 0.5) is 0 Å². The first-order valence-corrected chi connectivity index (χ1v) is 6.83. The average Bonchev–Trinajstić information content (AvgIpc) is 2.91. The molecule has 3 rings (SSSR count).